The van der Waals surface area contributed by atoms with Crippen LogP contribution < -0.4 is 10.5 Å². The van der Waals surface area contributed by atoms with E-state index in [4.69, 9.17) is 0 Å². The molecule has 16 heavy (non-hydrogen) atoms. The maximum atomic E-state index is 11.8. The number of anilines is 1. The molecular weight excluding hydrogens is 204 g/mol. The van der Waals surface area contributed by atoms with E-state index >= 15 is 0 Å². The first-order valence-electron chi connectivity index (χ1n) is 5.44. The first kappa shape index (κ1) is 9.33. The fraction of sp³-hybridized carbons (Fsp3) is 0.364. The molecule has 0 spiro atoms. The minimum absolute atomic E-state index is 0.111. The van der Waals surface area contributed by atoms with Crippen LogP contribution in [-0.4, -0.2) is 28.0 Å². The van der Waals surface area contributed by atoms with Crippen LogP contribution >= 0.6 is 0 Å². The Morgan fingerprint density at radius 2 is 2.12 bits per heavy atom. The third-order valence-corrected chi connectivity index (χ3v) is 2.87. The number of rotatable bonds is 1. The van der Waals surface area contributed by atoms with Crippen LogP contribution in [0.25, 0.3) is 11.0 Å². The average molecular weight is 216 g/mol. The Bertz CT molecular complexity index is 571. The van der Waals surface area contributed by atoms with Crippen LogP contribution in [0, 0.1) is 0 Å². The molecule has 1 N–H and O–H groups in total. The maximum absolute atomic E-state index is 11.8. The highest BCUT2D eigenvalue weighted by Gasteiger charge is 2.15. The number of aromatic nitrogens is 3. The van der Waals surface area contributed by atoms with Gasteiger partial charge >= 0.3 is 0 Å². The van der Waals surface area contributed by atoms with Crippen LogP contribution in [0.3, 0.4) is 0 Å². The van der Waals surface area contributed by atoms with E-state index in [1.165, 1.54) is 0 Å². The Hall–Kier alpha value is -1.91. The standard InChI is InChI=1S/C11H12N4O/c16-10-8-4-3-5-12-9(8)13-11(14-10)15-6-1-2-7-15/h3-5H,1-2,6-7H2,(H,12,13,14,16). The SMILES string of the molecule is O=c1[nH]c(N2CCCC2)nc2ncccc12. The van der Waals surface area contributed by atoms with Crippen LogP contribution in [-0.2, 0) is 0 Å². The number of hydrogen-bond donors (Lipinski definition) is 1. The Labute approximate surface area is 92.1 Å². The molecule has 82 valence electrons. The molecule has 0 atom stereocenters. The van der Waals surface area contributed by atoms with Crippen molar-refractivity contribution in [3.8, 4) is 0 Å². The Morgan fingerprint density at radius 1 is 1.31 bits per heavy atom. The summed E-state index contributed by atoms with van der Waals surface area (Å²) in [6.07, 6.45) is 3.97. The van der Waals surface area contributed by atoms with Gasteiger partial charge in [-0.2, -0.15) is 4.98 Å². The fourth-order valence-corrected chi connectivity index (χ4v) is 2.04. The number of fused-ring (bicyclic) bond motifs is 1. The monoisotopic (exact) mass is 216 g/mol. The van der Waals surface area contributed by atoms with Crippen molar-refractivity contribution in [1.29, 1.82) is 0 Å². The lowest BCUT2D eigenvalue weighted by molar-refractivity contribution is 0.897. The molecule has 2 aromatic rings. The molecule has 0 radical (unpaired) electrons. The number of hydrogen-bond acceptors (Lipinski definition) is 4. The van der Waals surface area contributed by atoms with Gasteiger partial charge in [0.05, 0.1) is 5.39 Å². The van der Waals surface area contributed by atoms with Crippen molar-refractivity contribution < 1.29 is 0 Å². The van der Waals surface area contributed by atoms with Crippen molar-refractivity contribution in [2.24, 2.45) is 0 Å². The number of H-pyrrole nitrogens is 1. The van der Waals surface area contributed by atoms with E-state index in [0.717, 1.165) is 25.9 Å². The summed E-state index contributed by atoms with van der Waals surface area (Å²) in [5, 5.41) is 0.547. The van der Waals surface area contributed by atoms with E-state index in [1.807, 2.05) is 0 Å². The molecule has 1 fully saturated rings. The number of aromatic amines is 1. The topological polar surface area (TPSA) is 61.9 Å². The molecule has 5 heteroatoms. The zero-order valence-corrected chi connectivity index (χ0v) is 8.81. The first-order valence-corrected chi connectivity index (χ1v) is 5.44. The van der Waals surface area contributed by atoms with Gasteiger partial charge in [0.2, 0.25) is 5.95 Å². The van der Waals surface area contributed by atoms with Gasteiger partial charge in [-0.05, 0) is 25.0 Å². The van der Waals surface area contributed by atoms with Gasteiger partial charge in [0.25, 0.3) is 5.56 Å². The Balaban J connectivity index is 2.17. The zero-order valence-electron chi connectivity index (χ0n) is 8.81. The smallest absolute Gasteiger partial charge is 0.261 e. The normalized spacial score (nSPS) is 15.9. The van der Waals surface area contributed by atoms with Gasteiger partial charge < -0.3 is 4.90 Å². The summed E-state index contributed by atoms with van der Waals surface area (Å²) in [5.74, 6) is 0.647. The number of nitrogens with zero attached hydrogens (tertiary/aromatic N) is 3. The van der Waals surface area contributed by atoms with Gasteiger partial charge in [-0.15, -0.1) is 0 Å². The molecule has 2 aromatic heterocycles. The summed E-state index contributed by atoms with van der Waals surface area (Å²) < 4.78 is 0. The molecule has 1 saturated heterocycles. The van der Waals surface area contributed by atoms with Gasteiger partial charge in [0.15, 0.2) is 5.65 Å². The van der Waals surface area contributed by atoms with Gasteiger partial charge in [-0.3, -0.25) is 9.78 Å². The van der Waals surface area contributed by atoms with E-state index < -0.39 is 0 Å². The van der Waals surface area contributed by atoms with Crippen LogP contribution in [0.1, 0.15) is 12.8 Å². The summed E-state index contributed by atoms with van der Waals surface area (Å²) in [7, 11) is 0. The first-order chi connectivity index (χ1) is 7.84. The van der Waals surface area contributed by atoms with Gasteiger partial charge in [0.1, 0.15) is 0 Å². The molecular formula is C11H12N4O. The van der Waals surface area contributed by atoms with E-state index in [0.29, 0.717) is 17.0 Å². The minimum Gasteiger partial charge on any atom is -0.342 e. The minimum atomic E-state index is -0.111. The van der Waals surface area contributed by atoms with E-state index in [-0.39, 0.29) is 5.56 Å². The molecule has 3 rings (SSSR count). The van der Waals surface area contributed by atoms with E-state index in [9.17, 15) is 4.79 Å². The van der Waals surface area contributed by atoms with Gasteiger partial charge in [-0.1, -0.05) is 0 Å². The van der Waals surface area contributed by atoms with Crippen molar-refractivity contribution in [2.75, 3.05) is 18.0 Å². The Kier molecular flexibility index (Phi) is 2.09. The zero-order chi connectivity index (χ0) is 11.0. The highest BCUT2D eigenvalue weighted by Crippen LogP contribution is 2.15. The summed E-state index contributed by atoms with van der Waals surface area (Å²) in [6, 6.07) is 3.48. The second-order valence-corrected chi connectivity index (χ2v) is 3.96. The Morgan fingerprint density at radius 3 is 2.94 bits per heavy atom. The third-order valence-electron chi connectivity index (χ3n) is 2.87. The van der Waals surface area contributed by atoms with E-state index in [1.54, 1.807) is 18.3 Å². The second-order valence-electron chi connectivity index (χ2n) is 3.96. The van der Waals surface area contributed by atoms with E-state index in [2.05, 4.69) is 19.9 Å². The average Bonchev–Trinajstić information content (AvgIpc) is 2.82. The van der Waals surface area contributed by atoms with Gasteiger partial charge in [0, 0.05) is 19.3 Å². The van der Waals surface area contributed by atoms with Crippen molar-refractivity contribution in [3.05, 3.63) is 28.7 Å². The maximum Gasteiger partial charge on any atom is 0.261 e. The molecule has 0 bridgehead atoms. The molecule has 0 saturated carbocycles. The lowest BCUT2D eigenvalue weighted by Crippen LogP contribution is -2.24. The molecule has 0 unspecified atom stereocenters. The molecule has 1 aliphatic rings. The number of nitrogens with one attached hydrogen (secondary N) is 1. The lowest BCUT2D eigenvalue weighted by atomic mass is 10.3. The summed E-state index contributed by atoms with van der Waals surface area (Å²) in [6.45, 7) is 1.92. The highest BCUT2D eigenvalue weighted by atomic mass is 16.1. The molecule has 0 amide bonds. The summed E-state index contributed by atoms with van der Waals surface area (Å²) in [4.78, 5) is 25.2. The molecule has 0 aliphatic carbocycles. The molecule has 0 aromatic carbocycles. The second kappa shape index (κ2) is 3.59. The third kappa shape index (κ3) is 1.44. The van der Waals surface area contributed by atoms with Crippen molar-refractivity contribution in [1.82, 2.24) is 15.0 Å². The fourth-order valence-electron chi connectivity index (χ4n) is 2.04. The molecule has 3 heterocycles. The molecule has 1 aliphatic heterocycles. The van der Waals surface area contributed by atoms with Crippen LogP contribution in [0.5, 0.6) is 0 Å². The predicted molar refractivity (Wildman–Crippen MR) is 61.6 cm³/mol. The summed E-state index contributed by atoms with van der Waals surface area (Å²) in [5.41, 5.74) is 0.410. The van der Waals surface area contributed by atoms with Crippen LogP contribution in [0.15, 0.2) is 23.1 Å². The van der Waals surface area contributed by atoms with Crippen molar-refractivity contribution >= 4 is 17.0 Å². The quantitative estimate of drug-likeness (QED) is 0.770. The largest absolute Gasteiger partial charge is 0.342 e. The summed E-state index contributed by atoms with van der Waals surface area (Å²) >= 11 is 0. The van der Waals surface area contributed by atoms with Crippen molar-refractivity contribution in [2.45, 2.75) is 12.8 Å². The predicted octanol–water partition coefficient (Wildman–Crippen LogP) is 0.918. The lowest BCUT2D eigenvalue weighted by Gasteiger charge is -2.15. The van der Waals surface area contributed by atoms with Crippen molar-refractivity contribution in [3.63, 3.8) is 0 Å². The van der Waals surface area contributed by atoms with Gasteiger partial charge in [-0.25, -0.2) is 4.98 Å². The van der Waals surface area contributed by atoms with Crippen LogP contribution in [0.2, 0.25) is 0 Å². The molecule has 5 nitrogen and oxygen atoms in total. The van der Waals surface area contributed by atoms with Crippen LogP contribution in [0.4, 0.5) is 5.95 Å². The number of pyridine rings is 1. The highest BCUT2D eigenvalue weighted by molar-refractivity contribution is 5.74.